The lowest BCUT2D eigenvalue weighted by Gasteiger charge is -2.15. The van der Waals surface area contributed by atoms with E-state index < -0.39 is 5.91 Å². The highest BCUT2D eigenvalue weighted by Crippen LogP contribution is 2.36. The Labute approximate surface area is 161 Å². The minimum atomic E-state index is -0.444. The molecule has 1 amide bonds. The van der Waals surface area contributed by atoms with Gasteiger partial charge in [0, 0.05) is 5.39 Å². The number of fused-ring (bicyclic) bond motifs is 1. The minimum Gasteiger partial charge on any atom is -0.493 e. The second-order valence-electron chi connectivity index (χ2n) is 6.05. The van der Waals surface area contributed by atoms with Gasteiger partial charge in [-0.3, -0.25) is 4.79 Å². The topological polar surface area (TPSA) is 73.1 Å². The van der Waals surface area contributed by atoms with Gasteiger partial charge in [-0.25, -0.2) is 5.43 Å². The number of ether oxygens (including phenoxy) is 2. The molecule has 0 unspecified atom stereocenters. The Kier molecular flexibility index (Phi) is 5.66. The number of rotatable bonds is 6. The lowest BCUT2D eigenvalue weighted by Crippen LogP contribution is -2.16. The van der Waals surface area contributed by atoms with Gasteiger partial charge in [-0.1, -0.05) is 29.8 Å². The van der Waals surface area contributed by atoms with Crippen molar-refractivity contribution in [2.24, 2.45) is 5.10 Å². The average molecular weight is 387 g/mol. The van der Waals surface area contributed by atoms with E-state index in [1.165, 1.54) is 13.3 Å². The number of nitrogens with one attached hydrogen (secondary N) is 1. The Bertz CT molecular complexity index is 962. The highest BCUT2D eigenvalue weighted by Gasteiger charge is 2.14. The van der Waals surface area contributed by atoms with Crippen LogP contribution in [0.5, 0.6) is 11.5 Å². The summed E-state index contributed by atoms with van der Waals surface area (Å²) in [5, 5.41) is 5.20. The summed E-state index contributed by atoms with van der Waals surface area (Å²) < 4.78 is 16.5. The summed E-state index contributed by atoms with van der Waals surface area (Å²) in [6, 6.07) is 12.5. The number of halogens is 1. The molecule has 0 spiro atoms. The van der Waals surface area contributed by atoms with Gasteiger partial charge in [-0.05, 0) is 43.7 Å². The Morgan fingerprint density at radius 3 is 2.74 bits per heavy atom. The molecule has 1 aromatic heterocycles. The first-order valence-electron chi connectivity index (χ1n) is 8.34. The zero-order valence-electron chi connectivity index (χ0n) is 15.2. The smallest absolute Gasteiger partial charge is 0.307 e. The van der Waals surface area contributed by atoms with E-state index in [-0.39, 0.29) is 11.9 Å². The first kappa shape index (κ1) is 18.8. The molecule has 27 heavy (non-hydrogen) atoms. The number of methoxy groups -OCH3 is 1. The number of carbonyl (C=O) groups is 1. The van der Waals surface area contributed by atoms with Crippen LogP contribution in [0.25, 0.3) is 11.0 Å². The molecule has 2 aromatic carbocycles. The normalized spacial score (nSPS) is 11.3. The Balaban J connectivity index is 1.73. The maximum atomic E-state index is 12.2. The van der Waals surface area contributed by atoms with Crippen molar-refractivity contribution in [3.63, 3.8) is 0 Å². The van der Waals surface area contributed by atoms with Crippen molar-refractivity contribution in [1.29, 1.82) is 0 Å². The number of nitrogens with zero attached hydrogens (tertiary/aromatic N) is 1. The third kappa shape index (κ3) is 4.41. The molecule has 6 nitrogen and oxygen atoms in total. The molecule has 0 aliphatic carbocycles. The van der Waals surface area contributed by atoms with Gasteiger partial charge < -0.3 is 13.9 Å². The molecule has 0 atom stereocenters. The molecule has 1 N–H and O–H groups in total. The molecule has 1 heterocycles. The van der Waals surface area contributed by atoms with Crippen molar-refractivity contribution in [3.8, 4) is 11.5 Å². The number of hydrazone groups is 1. The SMILES string of the molecule is COc1cc(/C=N/NC(=O)c2cc3ccccc3o2)cc(Cl)c1OC(C)C. The summed E-state index contributed by atoms with van der Waals surface area (Å²) in [4.78, 5) is 12.2. The Morgan fingerprint density at radius 1 is 1.26 bits per heavy atom. The van der Waals surface area contributed by atoms with E-state index >= 15 is 0 Å². The minimum absolute atomic E-state index is 0.0426. The van der Waals surface area contributed by atoms with E-state index in [0.717, 1.165) is 5.39 Å². The highest BCUT2D eigenvalue weighted by molar-refractivity contribution is 6.32. The fourth-order valence-electron chi connectivity index (χ4n) is 2.48. The van der Waals surface area contributed by atoms with E-state index in [2.05, 4.69) is 10.5 Å². The Hall–Kier alpha value is -2.99. The largest absolute Gasteiger partial charge is 0.493 e. The molecular weight excluding hydrogens is 368 g/mol. The van der Waals surface area contributed by atoms with Crippen LogP contribution in [0.2, 0.25) is 5.02 Å². The van der Waals surface area contributed by atoms with Crippen LogP contribution < -0.4 is 14.9 Å². The molecule has 0 aliphatic heterocycles. The lowest BCUT2D eigenvalue weighted by molar-refractivity contribution is 0.0929. The summed E-state index contributed by atoms with van der Waals surface area (Å²) in [5.41, 5.74) is 3.73. The Morgan fingerprint density at radius 2 is 2.04 bits per heavy atom. The van der Waals surface area contributed by atoms with Crippen molar-refractivity contribution in [3.05, 3.63) is 58.8 Å². The van der Waals surface area contributed by atoms with Gasteiger partial charge in [0.15, 0.2) is 17.3 Å². The van der Waals surface area contributed by atoms with Crippen LogP contribution >= 0.6 is 11.6 Å². The average Bonchev–Trinajstić information content (AvgIpc) is 3.07. The molecule has 7 heteroatoms. The van der Waals surface area contributed by atoms with E-state index in [1.807, 2.05) is 32.0 Å². The number of benzene rings is 2. The molecule has 0 saturated carbocycles. The molecule has 0 radical (unpaired) electrons. The number of furan rings is 1. The molecule has 0 bridgehead atoms. The third-order valence-electron chi connectivity index (χ3n) is 3.63. The fourth-order valence-corrected chi connectivity index (χ4v) is 2.74. The lowest BCUT2D eigenvalue weighted by atomic mass is 10.2. The monoisotopic (exact) mass is 386 g/mol. The van der Waals surface area contributed by atoms with Crippen LogP contribution in [-0.2, 0) is 0 Å². The van der Waals surface area contributed by atoms with E-state index in [9.17, 15) is 4.79 Å². The van der Waals surface area contributed by atoms with Crippen LogP contribution in [0, 0.1) is 0 Å². The molecule has 0 saturated heterocycles. The molecule has 0 aliphatic rings. The van der Waals surface area contributed by atoms with E-state index in [4.69, 9.17) is 25.5 Å². The maximum absolute atomic E-state index is 12.2. The summed E-state index contributed by atoms with van der Waals surface area (Å²) in [7, 11) is 1.53. The number of amides is 1. The van der Waals surface area contributed by atoms with Crippen LogP contribution in [0.3, 0.4) is 0 Å². The predicted molar refractivity (Wildman–Crippen MR) is 105 cm³/mol. The molecular formula is C20H19ClN2O4. The number of para-hydroxylation sites is 1. The van der Waals surface area contributed by atoms with E-state index in [1.54, 1.807) is 24.3 Å². The van der Waals surface area contributed by atoms with Gasteiger partial charge in [0.2, 0.25) is 0 Å². The van der Waals surface area contributed by atoms with Crippen LogP contribution in [0.1, 0.15) is 30.0 Å². The van der Waals surface area contributed by atoms with Crippen LogP contribution in [0.4, 0.5) is 0 Å². The van der Waals surface area contributed by atoms with Crippen molar-refractivity contribution < 1.29 is 18.7 Å². The van der Waals surface area contributed by atoms with Crippen molar-refractivity contribution >= 4 is 34.7 Å². The van der Waals surface area contributed by atoms with Crippen molar-refractivity contribution in [2.45, 2.75) is 20.0 Å². The summed E-state index contributed by atoms with van der Waals surface area (Å²) in [6.07, 6.45) is 1.42. The standard InChI is InChI=1S/C20H19ClN2O4/c1-12(2)26-19-15(21)8-13(9-17(19)25-3)11-22-23-20(24)18-10-14-6-4-5-7-16(14)27-18/h4-12H,1-3H3,(H,23,24)/b22-11+. The first-order chi connectivity index (χ1) is 13.0. The van der Waals surface area contributed by atoms with Crippen molar-refractivity contribution in [1.82, 2.24) is 5.43 Å². The second-order valence-corrected chi connectivity index (χ2v) is 6.46. The van der Waals surface area contributed by atoms with Gasteiger partial charge in [0.05, 0.1) is 24.5 Å². The zero-order chi connectivity index (χ0) is 19.4. The van der Waals surface area contributed by atoms with Crippen molar-refractivity contribution in [2.75, 3.05) is 7.11 Å². The number of carbonyl (C=O) groups excluding carboxylic acids is 1. The summed E-state index contributed by atoms with van der Waals surface area (Å²) in [6.45, 7) is 3.80. The van der Waals surface area contributed by atoms with Gasteiger partial charge in [0.1, 0.15) is 5.58 Å². The molecule has 0 fully saturated rings. The molecule has 3 rings (SSSR count). The quantitative estimate of drug-likeness (QED) is 0.494. The summed E-state index contributed by atoms with van der Waals surface area (Å²) in [5.74, 6) is 0.698. The van der Waals surface area contributed by atoms with Gasteiger partial charge >= 0.3 is 5.91 Å². The van der Waals surface area contributed by atoms with Crippen LogP contribution in [-0.4, -0.2) is 25.3 Å². The fraction of sp³-hybridized carbons (Fsp3) is 0.200. The van der Waals surface area contributed by atoms with Gasteiger partial charge in [-0.15, -0.1) is 0 Å². The predicted octanol–water partition coefficient (Wildman–Crippen LogP) is 4.65. The van der Waals surface area contributed by atoms with Gasteiger partial charge in [-0.2, -0.15) is 5.10 Å². The number of hydrogen-bond donors (Lipinski definition) is 1. The number of hydrogen-bond acceptors (Lipinski definition) is 5. The molecule has 3 aromatic rings. The van der Waals surface area contributed by atoms with E-state index in [0.29, 0.717) is 27.7 Å². The first-order valence-corrected chi connectivity index (χ1v) is 8.72. The third-order valence-corrected chi connectivity index (χ3v) is 3.92. The maximum Gasteiger partial charge on any atom is 0.307 e. The molecule has 140 valence electrons. The second kappa shape index (κ2) is 8.14. The van der Waals surface area contributed by atoms with Crippen LogP contribution in [0.15, 0.2) is 52.0 Å². The highest BCUT2D eigenvalue weighted by atomic mass is 35.5. The zero-order valence-corrected chi connectivity index (χ0v) is 15.9. The summed E-state index contributed by atoms with van der Waals surface area (Å²) >= 11 is 6.27. The van der Waals surface area contributed by atoms with Gasteiger partial charge in [0.25, 0.3) is 0 Å².